The maximum Gasteiger partial charge on any atom is 0.387 e. The molecule has 1 fully saturated rings. The predicted molar refractivity (Wildman–Crippen MR) is 55.7 cm³/mol. The molecular weight excluding hydrogens is 233 g/mol. The molecule has 0 aliphatic carbocycles. The molecule has 1 aromatic rings. The number of ether oxygens (including phenoxy) is 2. The van der Waals surface area contributed by atoms with E-state index in [-0.39, 0.29) is 6.10 Å². The van der Waals surface area contributed by atoms with Crippen LogP contribution >= 0.6 is 0 Å². The lowest BCUT2D eigenvalue weighted by molar-refractivity contribution is -0.0522. The minimum atomic E-state index is -3.01. The molecule has 0 bridgehead atoms. The van der Waals surface area contributed by atoms with E-state index < -0.39 is 18.2 Å². The van der Waals surface area contributed by atoms with Gasteiger partial charge in [-0.3, -0.25) is 0 Å². The van der Waals surface area contributed by atoms with Gasteiger partial charge in [-0.1, -0.05) is 6.07 Å². The van der Waals surface area contributed by atoms with E-state index in [0.717, 1.165) is 31.1 Å². The fraction of sp³-hybridized carbons (Fsp3) is 0.500. The molecule has 1 aromatic carbocycles. The normalized spacial score (nSPS) is 19.9. The highest BCUT2D eigenvalue weighted by atomic mass is 19.3. The maximum absolute atomic E-state index is 13.2. The maximum atomic E-state index is 13.2. The highest BCUT2D eigenvalue weighted by molar-refractivity contribution is 5.30. The van der Waals surface area contributed by atoms with Crippen molar-refractivity contribution in [1.82, 2.24) is 0 Å². The topological polar surface area (TPSA) is 18.5 Å². The molecule has 2 nitrogen and oxygen atoms in total. The Labute approximate surface area is 97.3 Å². The Morgan fingerprint density at radius 3 is 2.88 bits per heavy atom. The van der Waals surface area contributed by atoms with Gasteiger partial charge in [-0.2, -0.15) is 8.78 Å². The summed E-state index contributed by atoms with van der Waals surface area (Å²) >= 11 is 0. The third-order valence-electron chi connectivity index (χ3n) is 2.70. The first-order chi connectivity index (χ1) is 8.15. The number of alkyl halides is 2. The third kappa shape index (κ3) is 3.36. The molecule has 17 heavy (non-hydrogen) atoms. The SMILES string of the molecule is Fc1ccc(CC2CCCO2)cc1OC(F)F. The average molecular weight is 246 g/mol. The van der Waals surface area contributed by atoms with Gasteiger partial charge in [-0.05, 0) is 37.0 Å². The van der Waals surface area contributed by atoms with Crippen molar-refractivity contribution in [3.8, 4) is 5.75 Å². The molecule has 0 aromatic heterocycles. The number of rotatable bonds is 4. The lowest BCUT2D eigenvalue weighted by atomic mass is 10.1. The van der Waals surface area contributed by atoms with Gasteiger partial charge in [0.15, 0.2) is 11.6 Å². The Kier molecular flexibility index (Phi) is 3.89. The molecule has 0 N–H and O–H groups in total. The van der Waals surface area contributed by atoms with Crippen LogP contribution in [0, 0.1) is 5.82 Å². The summed E-state index contributed by atoms with van der Waals surface area (Å²) in [6, 6.07) is 4.01. The summed E-state index contributed by atoms with van der Waals surface area (Å²) in [5, 5.41) is 0. The van der Waals surface area contributed by atoms with Crippen LogP contribution in [0.2, 0.25) is 0 Å². The minimum absolute atomic E-state index is 0.0971. The lowest BCUT2D eigenvalue weighted by Crippen LogP contribution is -2.10. The van der Waals surface area contributed by atoms with Crippen LogP contribution in [0.25, 0.3) is 0 Å². The molecule has 5 heteroatoms. The van der Waals surface area contributed by atoms with Crippen LogP contribution in [0.5, 0.6) is 5.75 Å². The summed E-state index contributed by atoms with van der Waals surface area (Å²) < 4.78 is 46.7. The van der Waals surface area contributed by atoms with E-state index in [4.69, 9.17) is 4.74 Å². The van der Waals surface area contributed by atoms with Gasteiger partial charge < -0.3 is 9.47 Å². The van der Waals surface area contributed by atoms with Crippen molar-refractivity contribution in [3.63, 3.8) is 0 Å². The number of hydrogen-bond acceptors (Lipinski definition) is 2. The highest BCUT2D eigenvalue weighted by Gasteiger charge is 2.17. The molecule has 2 rings (SSSR count). The van der Waals surface area contributed by atoms with E-state index in [9.17, 15) is 13.2 Å². The van der Waals surface area contributed by atoms with Crippen molar-refractivity contribution in [3.05, 3.63) is 29.6 Å². The quantitative estimate of drug-likeness (QED) is 0.812. The Morgan fingerprint density at radius 1 is 1.41 bits per heavy atom. The fourth-order valence-corrected chi connectivity index (χ4v) is 1.93. The van der Waals surface area contributed by atoms with Crippen LogP contribution in [-0.4, -0.2) is 19.3 Å². The molecule has 1 heterocycles. The van der Waals surface area contributed by atoms with Gasteiger partial charge in [0.1, 0.15) is 0 Å². The first-order valence-corrected chi connectivity index (χ1v) is 5.50. The summed E-state index contributed by atoms with van der Waals surface area (Å²) in [6.07, 6.45) is 2.65. The van der Waals surface area contributed by atoms with Gasteiger partial charge in [0.05, 0.1) is 6.10 Å². The summed E-state index contributed by atoms with van der Waals surface area (Å²) in [7, 11) is 0. The Balaban J connectivity index is 2.06. The second-order valence-corrected chi connectivity index (χ2v) is 3.98. The Hall–Kier alpha value is -1.23. The van der Waals surface area contributed by atoms with E-state index in [2.05, 4.69) is 4.74 Å². The Morgan fingerprint density at radius 2 is 2.24 bits per heavy atom. The van der Waals surface area contributed by atoms with Gasteiger partial charge >= 0.3 is 6.61 Å². The molecule has 1 unspecified atom stereocenters. The van der Waals surface area contributed by atoms with E-state index >= 15 is 0 Å². The zero-order valence-electron chi connectivity index (χ0n) is 9.17. The van der Waals surface area contributed by atoms with Crippen LogP contribution < -0.4 is 4.74 Å². The first kappa shape index (κ1) is 12.2. The molecule has 1 aliphatic rings. The highest BCUT2D eigenvalue weighted by Crippen LogP contribution is 2.24. The largest absolute Gasteiger partial charge is 0.432 e. The molecule has 1 aliphatic heterocycles. The molecular formula is C12H13F3O2. The number of halogens is 3. The van der Waals surface area contributed by atoms with Crippen molar-refractivity contribution in [2.75, 3.05) is 6.61 Å². The van der Waals surface area contributed by atoms with E-state index in [1.807, 2.05) is 0 Å². The van der Waals surface area contributed by atoms with Crippen LogP contribution in [0.3, 0.4) is 0 Å². The zero-order chi connectivity index (χ0) is 12.3. The average Bonchev–Trinajstić information content (AvgIpc) is 2.75. The lowest BCUT2D eigenvalue weighted by Gasteiger charge is -2.11. The standard InChI is InChI=1S/C12H13F3O2/c13-10-4-3-8(6-9-2-1-5-16-9)7-11(10)17-12(14)15/h3-4,7,9,12H,1-2,5-6H2. The summed E-state index contributed by atoms with van der Waals surface area (Å²) in [4.78, 5) is 0. The van der Waals surface area contributed by atoms with Crippen LogP contribution in [0.1, 0.15) is 18.4 Å². The third-order valence-corrected chi connectivity index (χ3v) is 2.70. The van der Waals surface area contributed by atoms with Gasteiger partial charge in [0, 0.05) is 6.61 Å². The van der Waals surface area contributed by atoms with Crippen molar-refractivity contribution in [1.29, 1.82) is 0 Å². The van der Waals surface area contributed by atoms with Gasteiger partial charge in [-0.25, -0.2) is 4.39 Å². The van der Waals surface area contributed by atoms with Crippen LogP contribution in [0.15, 0.2) is 18.2 Å². The van der Waals surface area contributed by atoms with E-state index in [0.29, 0.717) is 6.42 Å². The van der Waals surface area contributed by atoms with E-state index in [1.165, 1.54) is 6.07 Å². The molecule has 0 radical (unpaired) electrons. The molecule has 0 amide bonds. The molecule has 94 valence electrons. The first-order valence-electron chi connectivity index (χ1n) is 5.50. The van der Waals surface area contributed by atoms with Gasteiger partial charge in [0.2, 0.25) is 0 Å². The van der Waals surface area contributed by atoms with Crippen molar-refractivity contribution in [2.24, 2.45) is 0 Å². The fourth-order valence-electron chi connectivity index (χ4n) is 1.93. The molecule has 1 atom stereocenters. The smallest absolute Gasteiger partial charge is 0.387 e. The van der Waals surface area contributed by atoms with Crippen molar-refractivity contribution >= 4 is 0 Å². The monoisotopic (exact) mass is 246 g/mol. The molecule has 1 saturated heterocycles. The van der Waals surface area contributed by atoms with Gasteiger partial charge in [0.25, 0.3) is 0 Å². The van der Waals surface area contributed by atoms with E-state index in [1.54, 1.807) is 6.07 Å². The predicted octanol–water partition coefficient (Wildman–Crippen LogP) is 3.15. The zero-order valence-corrected chi connectivity index (χ0v) is 9.17. The molecule has 0 saturated carbocycles. The summed E-state index contributed by atoms with van der Waals surface area (Å²) in [6.45, 7) is -2.28. The summed E-state index contributed by atoms with van der Waals surface area (Å²) in [5.74, 6) is -1.18. The van der Waals surface area contributed by atoms with Crippen molar-refractivity contribution < 1.29 is 22.6 Å². The second-order valence-electron chi connectivity index (χ2n) is 3.98. The Bertz CT molecular complexity index is 376. The molecule has 0 spiro atoms. The van der Waals surface area contributed by atoms with Crippen LogP contribution in [0.4, 0.5) is 13.2 Å². The van der Waals surface area contributed by atoms with Crippen molar-refractivity contribution in [2.45, 2.75) is 32.0 Å². The van der Waals surface area contributed by atoms with Gasteiger partial charge in [-0.15, -0.1) is 0 Å². The number of hydrogen-bond donors (Lipinski definition) is 0. The number of benzene rings is 1. The van der Waals surface area contributed by atoms with Crippen LogP contribution in [-0.2, 0) is 11.2 Å². The second kappa shape index (κ2) is 5.40. The minimum Gasteiger partial charge on any atom is -0.432 e. The summed E-state index contributed by atoms with van der Waals surface area (Å²) in [5.41, 5.74) is 0.744.